The van der Waals surface area contributed by atoms with Crippen molar-refractivity contribution in [2.75, 3.05) is 0 Å². The first-order chi connectivity index (χ1) is 26.1. The molecule has 252 valence electrons. The van der Waals surface area contributed by atoms with E-state index in [1.165, 1.54) is 0 Å². The van der Waals surface area contributed by atoms with Gasteiger partial charge in [0.1, 0.15) is 5.58 Å². The maximum Gasteiger partial charge on any atom is 0.164 e. The van der Waals surface area contributed by atoms with Crippen LogP contribution >= 0.6 is 0 Å². The highest BCUT2D eigenvalue weighted by molar-refractivity contribution is 6.18. The first kappa shape index (κ1) is 32.9. The smallest absolute Gasteiger partial charge is 0.164 e. The monoisotopic (exact) mass is 683 g/mol. The summed E-state index contributed by atoms with van der Waals surface area (Å²) >= 11 is 0. The highest BCUT2D eigenvalue weighted by Gasteiger charge is 2.16. The topological polar surface area (TPSA) is 76.5 Å². The lowest BCUT2D eigenvalue weighted by molar-refractivity contribution is 0.616. The van der Waals surface area contributed by atoms with Crippen LogP contribution in [0, 0.1) is 0 Å². The molecule has 53 heavy (non-hydrogen) atoms. The number of furan rings is 1. The van der Waals surface area contributed by atoms with Gasteiger partial charge in [0.15, 0.2) is 23.3 Å². The van der Waals surface area contributed by atoms with Crippen LogP contribution in [0.3, 0.4) is 0 Å². The molecule has 8 aromatic rings. The van der Waals surface area contributed by atoms with Gasteiger partial charge in [0.25, 0.3) is 0 Å². The number of allylic oxidation sites excluding steroid dienone is 1. The van der Waals surface area contributed by atoms with Crippen molar-refractivity contribution in [1.29, 1.82) is 0 Å². The zero-order valence-corrected chi connectivity index (χ0v) is 28.8. The van der Waals surface area contributed by atoms with E-state index in [0.29, 0.717) is 34.7 Å². The average Bonchev–Trinajstić information content (AvgIpc) is 3.71. The lowest BCUT2D eigenvalue weighted by atomic mass is 9.96. The second-order valence-corrected chi connectivity index (χ2v) is 12.3. The van der Waals surface area contributed by atoms with Crippen LogP contribution in [0.1, 0.15) is 16.7 Å². The second kappa shape index (κ2) is 14.9. The molecule has 6 heteroatoms. The lowest BCUT2D eigenvalue weighted by Crippen LogP contribution is -2.06. The summed E-state index contributed by atoms with van der Waals surface area (Å²) in [4.78, 5) is 25.1. The Morgan fingerprint density at radius 1 is 0.491 bits per heavy atom. The molecular formula is C47H33N5O. The first-order valence-electron chi connectivity index (χ1n) is 17.2. The molecule has 0 saturated carbocycles. The van der Waals surface area contributed by atoms with Gasteiger partial charge < -0.3 is 4.42 Å². The number of hydrogen-bond donors (Lipinski definition) is 0. The van der Waals surface area contributed by atoms with E-state index in [1.807, 2.05) is 140 Å². The fraction of sp³-hybridized carbons (Fsp3) is 0. The summed E-state index contributed by atoms with van der Waals surface area (Å²) in [5.74, 6) is 2.20. The Bertz CT molecular complexity index is 2570. The summed E-state index contributed by atoms with van der Waals surface area (Å²) < 4.78 is 5.66. The van der Waals surface area contributed by atoms with Crippen molar-refractivity contribution < 1.29 is 4.42 Å². The molecule has 8 rings (SSSR count). The van der Waals surface area contributed by atoms with Crippen molar-refractivity contribution in [3.63, 3.8) is 0 Å². The minimum absolute atomic E-state index is 0.513. The second-order valence-electron chi connectivity index (χ2n) is 12.3. The van der Waals surface area contributed by atoms with Gasteiger partial charge in [-0.15, -0.1) is 0 Å². The number of rotatable bonds is 9. The van der Waals surface area contributed by atoms with Gasteiger partial charge in [-0.3, -0.25) is 0 Å². The number of nitrogens with zero attached hydrogens (tertiary/aromatic N) is 5. The predicted molar refractivity (Wildman–Crippen MR) is 217 cm³/mol. The molecule has 2 heterocycles. The van der Waals surface area contributed by atoms with Gasteiger partial charge in [0.05, 0.1) is 17.7 Å². The largest absolute Gasteiger partial charge is 0.464 e. The third kappa shape index (κ3) is 7.29. The summed E-state index contributed by atoms with van der Waals surface area (Å²) in [5.41, 5.74) is 9.16. The standard InChI is InChI=1S/C47H33N5O/c1-3-42(49-44(34-18-10-5-11-19-34)48-32(2)33-16-8-4-9-17-33)40-29-39(37-24-25-43-38(28-37)26-27-53-43)30-41(31-40)47-51-45(35-20-12-6-13-21-35)50-46(52-47)36-22-14-7-15-23-36/h3-31H,1-2H2. The predicted octanol–water partition coefficient (Wildman–Crippen LogP) is 11.4. The van der Waals surface area contributed by atoms with Gasteiger partial charge in [-0.1, -0.05) is 141 Å². The van der Waals surface area contributed by atoms with Crippen molar-refractivity contribution in [1.82, 2.24) is 15.0 Å². The van der Waals surface area contributed by atoms with E-state index in [1.54, 1.807) is 12.3 Å². The van der Waals surface area contributed by atoms with Crippen LogP contribution in [0.25, 0.3) is 62.0 Å². The maximum absolute atomic E-state index is 5.66. The summed E-state index contributed by atoms with van der Waals surface area (Å²) in [6.07, 6.45) is 3.46. The molecule has 0 radical (unpaired) electrons. The number of fused-ring (bicyclic) bond motifs is 1. The van der Waals surface area contributed by atoms with E-state index in [4.69, 9.17) is 29.4 Å². The molecule has 0 aliphatic heterocycles. The third-order valence-electron chi connectivity index (χ3n) is 8.77. The number of aromatic nitrogens is 3. The quantitative estimate of drug-likeness (QED) is 0.112. The van der Waals surface area contributed by atoms with Crippen LogP contribution in [-0.2, 0) is 0 Å². The number of benzene rings is 6. The third-order valence-corrected chi connectivity index (χ3v) is 8.77. The van der Waals surface area contributed by atoms with E-state index in [2.05, 4.69) is 37.4 Å². The number of hydrogen-bond acceptors (Lipinski definition) is 5. The van der Waals surface area contributed by atoms with Gasteiger partial charge in [-0.05, 0) is 59.2 Å². The zero-order chi connectivity index (χ0) is 36.0. The summed E-state index contributed by atoms with van der Waals surface area (Å²) in [7, 11) is 0. The minimum Gasteiger partial charge on any atom is -0.464 e. The number of aliphatic imine (C=N–C) groups is 2. The SMILES string of the molecule is C=CC(=NC(=NC(=C)c1ccccc1)c1ccccc1)c1cc(-c2ccc3occc3c2)cc(-c2nc(-c3ccccc3)nc(-c3ccccc3)n2)c1. The van der Waals surface area contributed by atoms with Crippen molar-refractivity contribution in [3.05, 3.63) is 206 Å². The molecule has 0 atom stereocenters. The van der Waals surface area contributed by atoms with Gasteiger partial charge in [0.2, 0.25) is 0 Å². The molecule has 0 saturated heterocycles. The van der Waals surface area contributed by atoms with Crippen LogP contribution < -0.4 is 0 Å². The lowest BCUT2D eigenvalue weighted by Gasteiger charge is -2.13. The molecule has 0 N–H and O–H groups in total. The molecule has 0 aliphatic rings. The molecule has 0 amide bonds. The Labute approximate surface area is 308 Å². The van der Waals surface area contributed by atoms with E-state index in [0.717, 1.165) is 55.5 Å². The van der Waals surface area contributed by atoms with Crippen LogP contribution in [0.4, 0.5) is 0 Å². The normalized spacial score (nSPS) is 11.8. The number of amidine groups is 1. The van der Waals surface area contributed by atoms with Crippen LogP contribution in [0.5, 0.6) is 0 Å². The van der Waals surface area contributed by atoms with E-state index < -0.39 is 0 Å². The van der Waals surface area contributed by atoms with Gasteiger partial charge in [-0.2, -0.15) is 0 Å². The Hall–Kier alpha value is -7.31. The zero-order valence-electron chi connectivity index (χ0n) is 28.8. The van der Waals surface area contributed by atoms with Crippen molar-refractivity contribution in [2.24, 2.45) is 9.98 Å². The van der Waals surface area contributed by atoms with Crippen molar-refractivity contribution in [3.8, 4) is 45.3 Å². The molecule has 0 spiro atoms. The summed E-state index contributed by atoms with van der Waals surface area (Å²) in [5, 5.41) is 1.00. The summed E-state index contributed by atoms with van der Waals surface area (Å²) in [6, 6.07) is 54.1. The fourth-order valence-corrected chi connectivity index (χ4v) is 6.06. The molecular weight excluding hydrogens is 651 g/mol. The van der Waals surface area contributed by atoms with E-state index in [9.17, 15) is 0 Å². The Kier molecular flexibility index (Phi) is 9.23. The molecule has 0 fully saturated rings. The highest BCUT2D eigenvalue weighted by atomic mass is 16.3. The molecule has 0 bridgehead atoms. The van der Waals surface area contributed by atoms with Crippen molar-refractivity contribution >= 4 is 28.2 Å². The van der Waals surface area contributed by atoms with E-state index in [-0.39, 0.29) is 0 Å². The van der Waals surface area contributed by atoms with E-state index >= 15 is 0 Å². The van der Waals surface area contributed by atoms with Crippen LogP contribution in [0.2, 0.25) is 0 Å². The Balaban J connectivity index is 1.33. The fourth-order valence-electron chi connectivity index (χ4n) is 6.06. The molecule has 2 aromatic heterocycles. The molecule has 6 aromatic carbocycles. The Morgan fingerprint density at radius 3 is 1.64 bits per heavy atom. The minimum atomic E-state index is 0.513. The van der Waals surface area contributed by atoms with Crippen LogP contribution in [0.15, 0.2) is 204 Å². The highest BCUT2D eigenvalue weighted by Crippen LogP contribution is 2.32. The molecule has 6 nitrogen and oxygen atoms in total. The Morgan fingerprint density at radius 2 is 1.04 bits per heavy atom. The van der Waals surface area contributed by atoms with Crippen LogP contribution in [-0.4, -0.2) is 26.5 Å². The summed E-state index contributed by atoms with van der Waals surface area (Å²) in [6.45, 7) is 8.48. The van der Waals surface area contributed by atoms with Crippen molar-refractivity contribution in [2.45, 2.75) is 0 Å². The first-order valence-corrected chi connectivity index (χ1v) is 17.2. The average molecular weight is 684 g/mol. The maximum atomic E-state index is 5.66. The molecule has 0 unspecified atom stereocenters. The van der Waals surface area contributed by atoms with Gasteiger partial charge in [0, 0.05) is 33.2 Å². The molecule has 0 aliphatic carbocycles. The van der Waals surface area contributed by atoms with Gasteiger partial charge in [-0.25, -0.2) is 24.9 Å². The van der Waals surface area contributed by atoms with Gasteiger partial charge >= 0.3 is 0 Å².